The average Bonchev–Trinajstić information content (AvgIpc) is 2.03. The van der Waals surface area contributed by atoms with Crippen molar-refractivity contribution in [2.75, 3.05) is 18.2 Å². The maximum absolute atomic E-state index is 11.1. The van der Waals surface area contributed by atoms with Gasteiger partial charge in [-0.25, -0.2) is 0 Å². The molecule has 0 radical (unpaired) electrons. The summed E-state index contributed by atoms with van der Waals surface area (Å²) in [5, 5.41) is 0. The second-order valence-electron chi connectivity index (χ2n) is 2.65. The molecule has 0 fully saturated rings. The van der Waals surface area contributed by atoms with Crippen LogP contribution in [0.5, 0.6) is 0 Å². The van der Waals surface area contributed by atoms with E-state index in [1.165, 1.54) is 0 Å². The number of benzene rings is 1. The SMILES string of the molecule is CS(=O)c1cc(N)cc(S(C)=O)c1. The summed E-state index contributed by atoms with van der Waals surface area (Å²) in [4.78, 5) is 1.23. The van der Waals surface area contributed by atoms with Gasteiger partial charge in [0, 0.05) is 49.6 Å². The molecule has 0 saturated heterocycles. The first-order valence-corrected chi connectivity index (χ1v) is 6.69. The lowest BCUT2D eigenvalue weighted by molar-refractivity contribution is 0.685. The van der Waals surface area contributed by atoms with Crippen LogP contribution in [-0.4, -0.2) is 20.9 Å². The molecule has 0 spiro atoms. The van der Waals surface area contributed by atoms with Gasteiger partial charge in [-0.2, -0.15) is 0 Å². The normalized spacial score (nSPS) is 15.2. The Balaban J connectivity index is 3.26. The zero-order chi connectivity index (χ0) is 10.0. The Labute approximate surface area is 82.2 Å². The van der Waals surface area contributed by atoms with E-state index in [0.29, 0.717) is 15.5 Å². The standard InChI is InChI=1S/C8H11NO2S2/c1-12(10)7-3-6(9)4-8(5-7)13(2)11/h3-5H,9H2,1-2H3. The highest BCUT2D eigenvalue weighted by Gasteiger charge is 2.04. The summed E-state index contributed by atoms with van der Waals surface area (Å²) in [6.07, 6.45) is 3.13. The Kier molecular flexibility index (Phi) is 3.22. The van der Waals surface area contributed by atoms with Gasteiger partial charge >= 0.3 is 0 Å². The lowest BCUT2D eigenvalue weighted by Gasteiger charge is -2.02. The number of anilines is 1. The van der Waals surface area contributed by atoms with Crippen molar-refractivity contribution in [3.63, 3.8) is 0 Å². The highest BCUT2D eigenvalue weighted by atomic mass is 32.2. The van der Waals surface area contributed by atoms with Crippen LogP contribution in [-0.2, 0) is 21.6 Å². The number of nitrogens with two attached hydrogens (primary N) is 1. The molecule has 0 aromatic heterocycles. The van der Waals surface area contributed by atoms with Gasteiger partial charge in [0.05, 0.1) is 0 Å². The van der Waals surface area contributed by atoms with Crippen LogP contribution in [0.4, 0.5) is 5.69 Å². The highest BCUT2D eigenvalue weighted by molar-refractivity contribution is 7.85. The van der Waals surface area contributed by atoms with Gasteiger partial charge in [0.2, 0.25) is 0 Å². The van der Waals surface area contributed by atoms with E-state index in [2.05, 4.69) is 0 Å². The van der Waals surface area contributed by atoms with Crippen molar-refractivity contribution in [1.29, 1.82) is 0 Å². The third-order valence-electron chi connectivity index (χ3n) is 1.57. The van der Waals surface area contributed by atoms with Gasteiger partial charge in [0.1, 0.15) is 0 Å². The lowest BCUT2D eigenvalue weighted by atomic mass is 10.3. The van der Waals surface area contributed by atoms with E-state index in [-0.39, 0.29) is 0 Å². The van der Waals surface area contributed by atoms with E-state index in [9.17, 15) is 8.42 Å². The summed E-state index contributed by atoms with van der Waals surface area (Å²) in [6, 6.07) is 4.92. The summed E-state index contributed by atoms with van der Waals surface area (Å²) in [6.45, 7) is 0. The second-order valence-corrected chi connectivity index (χ2v) is 5.41. The van der Waals surface area contributed by atoms with Crippen molar-refractivity contribution < 1.29 is 8.42 Å². The van der Waals surface area contributed by atoms with E-state index in [0.717, 1.165) is 0 Å². The first-order chi connectivity index (χ1) is 6.00. The molecule has 0 aliphatic rings. The molecule has 0 aliphatic carbocycles. The van der Waals surface area contributed by atoms with Crippen molar-refractivity contribution in [3.05, 3.63) is 18.2 Å². The van der Waals surface area contributed by atoms with E-state index in [1.807, 2.05) is 0 Å². The summed E-state index contributed by atoms with van der Waals surface area (Å²) < 4.78 is 22.3. The minimum absolute atomic E-state index is 0.498. The molecule has 0 saturated carbocycles. The predicted molar refractivity (Wildman–Crippen MR) is 55.5 cm³/mol. The maximum Gasteiger partial charge on any atom is 0.0499 e. The van der Waals surface area contributed by atoms with Crippen LogP contribution in [0.15, 0.2) is 28.0 Å². The molecule has 1 aromatic rings. The molecule has 2 atom stereocenters. The highest BCUT2D eigenvalue weighted by Crippen LogP contribution is 2.16. The Bertz CT molecular complexity index is 344. The van der Waals surface area contributed by atoms with Gasteiger partial charge in [-0.05, 0) is 18.2 Å². The van der Waals surface area contributed by atoms with Crippen molar-refractivity contribution in [2.45, 2.75) is 9.79 Å². The number of hydrogen-bond donors (Lipinski definition) is 1. The third-order valence-corrected chi connectivity index (χ3v) is 3.37. The van der Waals surface area contributed by atoms with E-state index < -0.39 is 21.6 Å². The molecular weight excluding hydrogens is 206 g/mol. The molecule has 72 valence electrons. The molecule has 0 bridgehead atoms. The molecule has 3 nitrogen and oxygen atoms in total. The van der Waals surface area contributed by atoms with E-state index in [1.54, 1.807) is 30.7 Å². The fourth-order valence-electron chi connectivity index (χ4n) is 0.926. The van der Waals surface area contributed by atoms with E-state index in [4.69, 9.17) is 5.73 Å². The summed E-state index contributed by atoms with van der Waals surface area (Å²) in [7, 11) is -2.16. The molecule has 0 heterocycles. The van der Waals surface area contributed by atoms with Gasteiger partial charge in [-0.15, -0.1) is 0 Å². The molecule has 0 amide bonds. The van der Waals surface area contributed by atoms with Crippen LogP contribution >= 0.6 is 0 Å². The minimum Gasteiger partial charge on any atom is -0.399 e. The minimum atomic E-state index is -1.08. The van der Waals surface area contributed by atoms with Crippen molar-refractivity contribution >= 4 is 27.3 Å². The Morgan fingerprint density at radius 1 is 1.00 bits per heavy atom. The third kappa shape index (κ3) is 2.63. The topological polar surface area (TPSA) is 60.2 Å². The zero-order valence-electron chi connectivity index (χ0n) is 7.44. The largest absolute Gasteiger partial charge is 0.399 e. The van der Waals surface area contributed by atoms with Gasteiger partial charge in [-0.3, -0.25) is 8.42 Å². The zero-order valence-corrected chi connectivity index (χ0v) is 9.08. The average molecular weight is 217 g/mol. The van der Waals surface area contributed by atoms with Crippen molar-refractivity contribution in [3.8, 4) is 0 Å². The molecule has 1 aromatic carbocycles. The van der Waals surface area contributed by atoms with Crippen LogP contribution in [0, 0.1) is 0 Å². The Morgan fingerprint density at radius 2 is 1.38 bits per heavy atom. The molecule has 1 rings (SSSR count). The lowest BCUT2D eigenvalue weighted by Crippen LogP contribution is -1.96. The summed E-state index contributed by atoms with van der Waals surface area (Å²) in [5.41, 5.74) is 6.06. The van der Waals surface area contributed by atoms with Crippen LogP contribution in [0.25, 0.3) is 0 Å². The quantitative estimate of drug-likeness (QED) is 0.743. The van der Waals surface area contributed by atoms with Crippen LogP contribution in [0.2, 0.25) is 0 Å². The van der Waals surface area contributed by atoms with Crippen LogP contribution in [0.3, 0.4) is 0 Å². The monoisotopic (exact) mass is 217 g/mol. The maximum atomic E-state index is 11.1. The molecular formula is C8H11NO2S2. The smallest absolute Gasteiger partial charge is 0.0499 e. The molecule has 13 heavy (non-hydrogen) atoms. The molecule has 2 unspecified atom stereocenters. The first-order valence-electron chi connectivity index (χ1n) is 3.58. The summed E-state index contributed by atoms with van der Waals surface area (Å²) in [5.74, 6) is 0. The van der Waals surface area contributed by atoms with Gasteiger partial charge < -0.3 is 5.73 Å². The van der Waals surface area contributed by atoms with Crippen LogP contribution < -0.4 is 5.73 Å². The first kappa shape index (κ1) is 10.4. The number of hydrogen-bond acceptors (Lipinski definition) is 3. The fraction of sp³-hybridized carbons (Fsp3) is 0.250. The van der Waals surface area contributed by atoms with Crippen LogP contribution in [0.1, 0.15) is 0 Å². The molecule has 2 N–H and O–H groups in total. The van der Waals surface area contributed by atoms with E-state index >= 15 is 0 Å². The second kappa shape index (κ2) is 4.02. The predicted octanol–water partition coefficient (Wildman–Crippen LogP) is 0.744. The number of rotatable bonds is 2. The number of nitrogen functional groups attached to an aromatic ring is 1. The van der Waals surface area contributed by atoms with Gasteiger partial charge in [0.15, 0.2) is 0 Å². The van der Waals surface area contributed by atoms with Crippen molar-refractivity contribution in [2.24, 2.45) is 0 Å². The van der Waals surface area contributed by atoms with Gasteiger partial charge in [-0.1, -0.05) is 0 Å². The fourth-order valence-corrected chi connectivity index (χ4v) is 2.19. The Morgan fingerprint density at radius 3 is 1.69 bits per heavy atom. The Hall–Kier alpha value is -0.680. The van der Waals surface area contributed by atoms with Crippen molar-refractivity contribution in [1.82, 2.24) is 0 Å². The molecule has 5 heteroatoms. The molecule has 0 aliphatic heterocycles. The van der Waals surface area contributed by atoms with Gasteiger partial charge in [0.25, 0.3) is 0 Å². The summed E-state index contributed by atoms with van der Waals surface area (Å²) >= 11 is 0.